The molecule has 0 radical (unpaired) electrons. The number of nitrogens with one attached hydrogen (secondary N) is 1. The Labute approximate surface area is 104 Å². The highest BCUT2D eigenvalue weighted by atomic mass is 16.5. The lowest BCUT2D eigenvalue weighted by Gasteiger charge is -2.29. The van der Waals surface area contributed by atoms with Gasteiger partial charge in [0.1, 0.15) is 0 Å². The third-order valence-electron chi connectivity index (χ3n) is 2.68. The second kappa shape index (κ2) is 9.79. The van der Waals surface area contributed by atoms with E-state index in [0.717, 1.165) is 6.54 Å². The van der Waals surface area contributed by atoms with E-state index in [9.17, 15) is 5.11 Å². The number of aliphatic hydroxyl groups is 1. The van der Waals surface area contributed by atoms with E-state index in [1.165, 1.54) is 0 Å². The summed E-state index contributed by atoms with van der Waals surface area (Å²) in [5, 5.41) is 12.7. The number of hydrogen-bond acceptors (Lipinski definition) is 5. The van der Waals surface area contributed by atoms with E-state index in [1.54, 1.807) is 14.0 Å². The summed E-state index contributed by atoms with van der Waals surface area (Å²) < 4.78 is 15.5. The van der Waals surface area contributed by atoms with Crippen molar-refractivity contribution in [1.29, 1.82) is 0 Å². The van der Waals surface area contributed by atoms with E-state index >= 15 is 0 Å². The van der Waals surface area contributed by atoms with Crippen LogP contribution >= 0.6 is 0 Å². The highest BCUT2D eigenvalue weighted by Crippen LogP contribution is 2.07. The summed E-state index contributed by atoms with van der Waals surface area (Å²) in [4.78, 5) is 0. The zero-order chi connectivity index (χ0) is 13.1. The zero-order valence-corrected chi connectivity index (χ0v) is 11.5. The van der Waals surface area contributed by atoms with Gasteiger partial charge in [0.2, 0.25) is 0 Å². The van der Waals surface area contributed by atoms with Crippen LogP contribution in [0.15, 0.2) is 0 Å². The van der Waals surface area contributed by atoms with Gasteiger partial charge < -0.3 is 24.6 Å². The molecule has 0 spiro atoms. The molecule has 0 saturated carbocycles. The van der Waals surface area contributed by atoms with E-state index < -0.39 is 0 Å². The van der Waals surface area contributed by atoms with Crippen molar-refractivity contribution in [3.63, 3.8) is 0 Å². The van der Waals surface area contributed by atoms with Crippen LogP contribution in [-0.4, -0.2) is 63.4 Å². The quantitative estimate of drug-likeness (QED) is 0.520. The van der Waals surface area contributed by atoms with Crippen LogP contribution in [0.25, 0.3) is 0 Å². The standard InChI is InChI=1S/C12H27NO4/c1-11(14)12(2,3)13-5-6-16-9-10-17-8-7-15-4/h11,13-14H,5-10H2,1-4H3. The van der Waals surface area contributed by atoms with Crippen LogP contribution in [0.1, 0.15) is 20.8 Å². The van der Waals surface area contributed by atoms with Crippen LogP contribution in [0, 0.1) is 0 Å². The summed E-state index contributed by atoms with van der Waals surface area (Å²) in [6, 6.07) is 0. The molecule has 17 heavy (non-hydrogen) atoms. The third kappa shape index (κ3) is 9.50. The Morgan fingerprint density at radius 2 is 1.59 bits per heavy atom. The molecule has 0 rings (SSSR count). The largest absolute Gasteiger partial charge is 0.392 e. The summed E-state index contributed by atoms with van der Waals surface area (Å²) in [5.41, 5.74) is -0.279. The molecule has 0 aromatic heterocycles. The highest BCUT2D eigenvalue weighted by molar-refractivity contribution is 4.82. The molecule has 2 N–H and O–H groups in total. The molecule has 5 nitrogen and oxygen atoms in total. The van der Waals surface area contributed by atoms with Crippen LogP contribution in [0.4, 0.5) is 0 Å². The highest BCUT2D eigenvalue weighted by Gasteiger charge is 2.22. The molecule has 0 heterocycles. The average molecular weight is 249 g/mol. The number of aliphatic hydroxyl groups excluding tert-OH is 1. The van der Waals surface area contributed by atoms with Crippen LogP contribution in [0.3, 0.4) is 0 Å². The van der Waals surface area contributed by atoms with Crippen molar-refractivity contribution in [2.75, 3.05) is 46.7 Å². The maximum atomic E-state index is 9.47. The third-order valence-corrected chi connectivity index (χ3v) is 2.68. The van der Waals surface area contributed by atoms with Gasteiger partial charge in [-0.05, 0) is 20.8 Å². The van der Waals surface area contributed by atoms with Crippen molar-refractivity contribution >= 4 is 0 Å². The van der Waals surface area contributed by atoms with Gasteiger partial charge in [-0.1, -0.05) is 0 Å². The number of hydrogen-bond donors (Lipinski definition) is 2. The van der Waals surface area contributed by atoms with Crippen molar-refractivity contribution in [3.8, 4) is 0 Å². The van der Waals surface area contributed by atoms with Gasteiger partial charge in [0.25, 0.3) is 0 Å². The summed E-state index contributed by atoms with van der Waals surface area (Å²) in [5.74, 6) is 0. The minimum atomic E-state index is -0.389. The molecule has 0 aliphatic carbocycles. The number of rotatable bonds is 11. The molecule has 0 aromatic carbocycles. The second-order valence-corrected chi connectivity index (χ2v) is 4.54. The molecule has 5 heteroatoms. The Balaban J connectivity index is 3.24. The van der Waals surface area contributed by atoms with E-state index in [2.05, 4.69) is 5.32 Å². The summed E-state index contributed by atoms with van der Waals surface area (Å²) >= 11 is 0. The normalized spacial score (nSPS) is 13.9. The lowest BCUT2D eigenvalue weighted by Crippen LogP contribution is -2.49. The molecule has 0 saturated heterocycles. The Kier molecular flexibility index (Phi) is 9.68. The first-order valence-corrected chi connectivity index (χ1v) is 6.08. The fraction of sp³-hybridized carbons (Fsp3) is 1.00. The molecule has 0 fully saturated rings. The molecule has 0 bridgehead atoms. The Hall–Kier alpha value is -0.200. The van der Waals surface area contributed by atoms with Crippen molar-refractivity contribution in [2.24, 2.45) is 0 Å². The SMILES string of the molecule is COCCOCCOCCNC(C)(C)C(C)O. The Morgan fingerprint density at radius 3 is 2.12 bits per heavy atom. The number of methoxy groups -OCH3 is 1. The summed E-state index contributed by atoms with van der Waals surface area (Å²) in [7, 11) is 1.65. The number of ether oxygens (including phenoxy) is 3. The smallest absolute Gasteiger partial charge is 0.0701 e. The topological polar surface area (TPSA) is 60.0 Å². The molecular formula is C12H27NO4. The fourth-order valence-corrected chi connectivity index (χ4v) is 1.06. The second-order valence-electron chi connectivity index (χ2n) is 4.54. The summed E-state index contributed by atoms with van der Waals surface area (Å²) in [6.45, 7) is 9.43. The van der Waals surface area contributed by atoms with E-state index in [0.29, 0.717) is 33.0 Å². The van der Waals surface area contributed by atoms with Gasteiger partial charge in [-0.25, -0.2) is 0 Å². The van der Waals surface area contributed by atoms with E-state index in [4.69, 9.17) is 14.2 Å². The van der Waals surface area contributed by atoms with Gasteiger partial charge in [-0.15, -0.1) is 0 Å². The maximum absolute atomic E-state index is 9.47. The van der Waals surface area contributed by atoms with Gasteiger partial charge in [0.15, 0.2) is 0 Å². The monoisotopic (exact) mass is 249 g/mol. The first-order chi connectivity index (χ1) is 8.00. The van der Waals surface area contributed by atoms with Crippen LogP contribution in [0.2, 0.25) is 0 Å². The van der Waals surface area contributed by atoms with Crippen molar-refractivity contribution < 1.29 is 19.3 Å². The predicted octanol–water partition coefficient (Wildman–Crippen LogP) is 0.415. The van der Waals surface area contributed by atoms with Crippen molar-refractivity contribution in [1.82, 2.24) is 5.32 Å². The molecule has 1 atom stereocenters. The van der Waals surface area contributed by atoms with Gasteiger partial charge in [0.05, 0.1) is 39.1 Å². The minimum Gasteiger partial charge on any atom is -0.392 e. The average Bonchev–Trinajstić information content (AvgIpc) is 2.26. The summed E-state index contributed by atoms with van der Waals surface area (Å²) in [6.07, 6.45) is -0.389. The van der Waals surface area contributed by atoms with Crippen LogP contribution in [-0.2, 0) is 14.2 Å². The lowest BCUT2D eigenvalue weighted by molar-refractivity contribution is 0.0222. The Bertz CT molecular complexity index is 174. The van der Waals surface area contributed by atoms with Crippen LogP contribution in [0.5, 0.6) is 0 Å². The van der Waals surface area contributed by atoms with Crippen LogP contribution < -0.4 is 5.32 Å². The first-order valence-electron chi connectivity index (χ1n) is 6.08. The van der Waals surface area contributed by atoms with E-state index in [-0.39, 0.29) is 11.6 Å². The van der Waals surface area contributed by atoms with Crippen molar-refractivity contribution in [3.05, 3.63) is 0 Å². The molecule has 0 aliphatic heterocycles. The molecule has 1 unspecified atom stereocenters. The predicted molar refractivity (Wildman–Crippen MR) is 67.3 cm³/mol. The van der Waals surface area contributed by atoms with Gasteiger partial charge in [-0.2, -0.15) is 0 Å². The lowest BCUT2D eigenvalue weighted by atomic mass is 9.99. The molecule has 104 valence electrons. The van der Waals surface area contributed by atoms with Gasteiger partial charge in [0, 0.05) is 19.2 Å². The van der Waals surface area contributed by atoms with Gasteiger partial charge in [-0.3, -0.25) is 0 Å². The molecule has 0 aromatic rings. The molecule has 0 aliphatic rings. The first kappa shape index (κ1) is 16.8. The van der Waals surface area contributed by atoms with Crippen molar-refractivity contribution in [2.45, 2.75) is 32.4 Å². The maximum Gasteiger partial charge on any atom is 0.0701 e. The molecule has 0 amide bonds. The zero-order valence-electron chi connectivity index (χ0n) is 11.5. The van der Waals surface area contributed by atoms with E-state index in [1.807, 2.05) is 13.8 Å². The Morgan fingerprint density at radius 1 is 1.06 bits per heavy atom. The fourth-order valence-electron chi connectivity index (χ4n) is 1.06. The molecular weight excluding hydrogens is 222 g/mol. The minimum absolute atomic E-state index is 0.279. The van der Waals surface area contributed by atoms with Gasteiger partial charge >= 0.3 is 0 Å².